The van der Waals surface area contributed by atoms with E-state index in [1.807, 2.05) is 7.05 Å². The van der Waals surface area contributed by atoms with Crippen LogP contribution in [0.15, 0.2) is 4.99 Å². The number of likely N-dealkylation sites (N-methyl/N-ethyl adjacent to an activating group) is 1. The molecule has 0 radical (unpaired) electrons. The smallest absolute Gasteiger partial charge is 0.191 e. The van der Waals surface area contributed by atoms with Crippen LogP contribution in [0, 0.1) is 0 Å². The first kappa shape index (κ1) is 21.5. The van der Waals surface area contributed by atoms with Gasteiger partial charge in [-0.15, -0.1) is 0 Å². The summed E-state index contributed by atoms with van der Waals surface area (Å²) < 4.78 is 5.58. The van der Waals surface area contributed by atoms with Crippen LogP contribution in [0.3, 0.4) is 0 Å². The van der Waals surface area contributed by atoms with E-state index in [1.165, 1.54) is 38.5 Å². The molecule has 1 saturated carbocycles. The Bertz CT molecular complexity index is 416. The molecule has 0 aromatic rings. The molecule has 0 aromatic heterocycles. The largest absolute Gasteiger partial charge is 0.379 e. The average molecular weight is 368 g/mol. The highest BCUT2D eigenvalue weighted by molar-refractivity contribution is 5.79. The molecular formula is C20H41N5O. The van der Waals surface area contributed by atoms with Crippen molar-refractivity contribution in [3.05, 3.63) is 0 Å². The third kappa shape index (κ3) is 6.10. The molecule has 152 valence electrons. The second-order valence-electron chi connectivity index (χ2n) is 7.97. The summed E-state index contributed by atoms with van der Waals surface area (Å²) in [5, 5.41) is 7.13. The Morgan fingerprint density at radius 2 is 1.88 bits per heavy atom. The molecule has 0 spiro atoms. The molecule has 2 aliphatic rings. The van der Waals surface area contributed by atoms with Crippen LogP contribution in [0.1, 0.15) is 52.4 Å². The van der Waals surface area contributed by atoms with E-state index in [-0.39, 0.29) is 5.54 Å². The van der Waals surface area contributed by atoms with Gasteiger partial charge >= 0.3 is 0 Å². The van der Waals surface area contributed by atoms with E-state index in [9.17, 15) is 0 Å². The van der Waals surface area contributed by atoms with Crippen LogP contribution >= 0.6 is 0 Å². The fraction of sp³-hybridized carbons (Fsp3) is 0.950. The fourth-order valence-electron chi connectivity index (χ4n) is 4.20. The van der Waals surface area contributed by atoms with Gasteiger partial charge in [-0.1, -0.05) is 26.2 Å². The van der Waals surface area contributed by atoms with Crippen LogP contribution in [0.5, 0.6) is 0 Å². The van der Waals surface area contributed by atoms with Crippen LogP contribution in [0.2, 0.25) is 0 Å². The third-order valence-electron chi connectivity index (χ3n) is 6.37. The maximum Gasteiger partial charge on any atom is 0.191 e. The minimum Gasteiger partial charge on any atom is -0.379 e. The fourth-order valence-corrected chi connectivity index (χ4v) is 4.20. The van der Waals surface area contributed by atoms with Crippen molar-refractivity contribution in [2.75, 3.05) is 60.0 Å². The van der Waals surface area contributed by atoms with Gasteiger partial charge < -0.3 is 20.3 Å². The monoisotopic (exact) mass is 367 g/mol. The molecule has 2 rings (SSSR count). The Labute approximate surface area is 160 Å². The zero-order valence-electron chi connectivity index (χ0n) is 17.5. The van der Waals surface area contributed by atoms with Crippen molar-refractivity contribution in [3.8, 4) is 0 Å². The molecule has 6 heteroatoms. The number of guanidine groups is 1. The molecule has 1 heterocycles. The first-order valence-electron chi connectivity index (χ1n) is 10.6. The quantitative estimate of drug-likeness (QED) is 0.507. The number of aliphatic imine (C=N–C) groups is 1. The van der Waals surface area contributed by atoms with Crippen molar-refractivity contribution in [2.24, 2.45) is 4.99 Å². The van der Waals surface area contributed by atoms with Crippen LogP contribution in [0.25, 0.3) is 0 Å². The van der Waals surface area contributed by atoms with E-state index in [2.05, 4.69) is 46.3 Å². The molecule has 26 heavy (non-hydrogen) atoms. The summed E-state index contributed by atoms with van der Waals surface area (Å²) in [7, 11) is 4.07. The summed E-state index contributed by atoms with van der Waals surface area (Å²) in [5.41, 5.74) is 0.271. The van der Waals surface area contributed by atoms with E-state index in [4.69, 9.17) is 4.74 Å². The van der Waals surface area contributed by atoms with Crippen LogP contribution < -0.4 is 10.6 Å². The van der Waals surface area contributed by atoms with E-state index in [0.717, 1.165) is 51.9 Å². The molecule has 1 aliphatic carbocycles. The van der Waals surface area contributed by atoms with E-state index < -0.39 is 0 Å². The van der Waals surface area contributed by atoms with Crippen molar-refractivity contribution < 1.29 is 4.74 Å². The van der Waals surface area contributed by atoms with Gasteiger partial charge in [-0.3, -0.25) is 9.89 Å². The van der Waals surface area contributed by atoms with Crippen molar-refractivity contribution in [3.63, 3.8) is 0 Å². The number of morpholine rings is 1. The molecule has 0 aromatic carbocycles. The molecule has 1 aliphatic heterocycles. The van der Waals surface area contributed by atoms with Gasteiger partial charge in [0.25, 0.3) is 0 Å². The van der Waals surface area contributed by atoms with E-state index in [0.29, 0.717) is 6.04 Å². The minimum atomic E-state index is 0.271. The average Bonchev–Trinajstić information content (AvgIpc) is 2.71. The number of nitrogens with one attached hydrogen (secondary N) is 2. The Morgan fingerprint density at radius 3 is 2.50 bits per heavy atom. The van der Waals surface area contributed by atoms with Gasteiger partial charge in [0.1, 0.15) is 0 Å². The highest BCUT2D eigenvalue weighted by atomic mass is 16.5. The standard InChI is InChI=1S/C20H41N5O/c1-5-18(2)24(4)12-11-22-19(21-3)23-17-20(9-7-6-8-10-20)25-13-15-26-16-14-25/h18H,5-17H2,1-4H3,(H2,21,22,23). The lowest BCUT2D eigenvalue weighted by Gasteiger charge is -2.48. The van der Waals surface area contributed by atoms with Gasteiger partial charge in [0, 0.05) is 51.4 Å². The van der Waals surface area contributed by atoms with Gasteiger partial charge in [-0.05, 0) is 33.2 Å². The summed E-state index contributed by atoms with van der Waals surface area (Å²) in [6.07, 6.45) is 7.81. The lowest BCUT2D eigenvalue weighted by molar-refractivity contribution is -0.0352. The summed E-state index contributed by atoms with van der Waals surface area (Å²) in [6, 6.07) is 0.624. The molecular weight excluding hydrogens is 326 g/mol. The lowest BCUT2D eigenvalue weighted by atomic mass is 9.80. The summed E-state index contributed by atoms with van der Waals surface area (Å²) in [4.78, 5) is 9.52. The topological polar surface area (TPSA) is 52.1 Å². The predicted octanol–water partition coefficient (Wildman–Crippen LogP) is 1.92. The molecule has 6 nitrogen and oxygen atoms in total. The normalized spacial score (nSPS) is 23.0. The zero-order chi connectivity index (χ0) is 18.8. The van der Waals surface area contributed by atoms with Crippen LogP contribution in [-0.2, 0) is 4.74 Å². The summed E-state index contributed by atoms with van der Waals surface area (Å²) in [6.45, 7) is 11.3. The van der Waals surface area contributed by atoms with Gasteiger partial charge in [0.05, 0.1) is 13.2 Å². The molecule has 1 unspecified atom stereocenters. The van der Waals surface area contributed by atoms with Crippen LogP contribution in [-0.4, -0.2) is 87.4 Å². The first-order chi connectivity index (χ1) is 12.6. The predicted molar refractivity (Wildman–Crippen MR) is 110 cm³/mol. The molecule has 0 amide bonds. The molecule has 1 atom stereocenters. The third-order valence-corrected chi connectivity index (χ3v) is 6.37. The number of ether oxygens (including phenoxy) is 1. The maximum atomic E-state index is 5.58. The van der Waals surface area contributed by atoms with Crippen molar-refractivity contribution in [1.82, 2.24) is 20.4 Å². The number of hydrogen-bond acceptors (Lipinski definition) is 4. The molecule has 0 bridgehead atoms. The summed E-state index contributed by atoms with van der Waals surface area (Å²) in [5.74, 6) is 0.931. The molecule has 2 fully saturated rings. The Hall–Kier alpha value is -0.850. The van der Waals surface area contributed by atoms with E-state index in [1.54, 1.807) is 0 Å². The Balaban J connectivity index is 1.83. The van der Waals surface area contributed by atoms with Gasteiger partial charge in [0.2, 0.25) is 0 Å². The first-order valence-corrected chi connectivity index (χ1v) is 10.6. The lowest BCUT2D eigenvalue weighted by Crippen LogP contribution is -2.60. The van der Waals surface area contributed by atoms with Crippen LogP contribution in [0.4, 0.5) is 0 Å². The van der Waals surface area contributed by atoms with Gasteiger partial charge in [0.15, 0.2) is 5.96 Å². The minimum absolute atomic E-state index is 0.271. The molecule has 2 N–H and O–H groups in total. The van der Waals surface area contributed by atoms with Gasteiger partial charge in [-0.25, -0.2) is 0 Å². The van der Waals surface area contributed by atoms with Crippen molar-refractivity contribution >= 4 is 5.96 Å². The van der Waals surface area contributed by atoms with Crippen molar-refractivity contribution in [2.45, 2.75) is 64.0 Å². The summed E-state index contributed by atoms with van der Waals surface area (Å²) >= 11 is 0. The Morgan fingerprint density at radius 1 is 1.19 bits per heavy atom. The van der Waals surface area contributed by atoms with Gasteiger partial charge in [-0.2, -0.15) is 0 Å². The highest BCUT2D eigenvalue weighted by Gasteiger charge is 2.38. The maximum absolute atomic E-state index is 5.58. The molecule has 1 saturated heterocycles. The van der Waals surface area contributed by atoms with E-state index >= 15 is 0 Å². The SMILES string of the molecule is CCC(C)N(C)CCNC(=NC)NCC1(N2CCOCC2)CCCCC1. The Kier molecular flexibility index (Phi) is 9.16. The second-order valence-corrected chi connectivity index (χ2v) is 7.97. The van der Waals surface area contributed by atoms with Crippen molar-refractivity contribution in [1.29, 1.82) is 0 Å². The second kappa shape index (κ2) is 11.1. The number of rotatable bonds is 8. The number of hydrogen-bond donors (Lipinski definition) is 2. The highest BCUT2D eigenvalue weighted by Crippen LogP contribution is 2.33. The number of nitrogens with zero attached hydrogens (tertiary/aromatic N) is 3. The zero-order valence-corrected chi connectivity index (χ0v) is 17.5.